The Kier molecular flexibility index (Phi) is 8.39. The van der Waals surface area contributed by atoms with Crippen molar-refractivity contribution in [2.75, 3.05) is 31.1 Å². The summed E-state index contributed by atoms with van der Waals surface area (Å²) in [5, 5.41) is 4.31. The highest BCUT2D eigenvalue weighted by molar-refractivity contribution is 6.43. The van der Waals surface area contributed by atoms with E-state index in [-0.39, 0.29) is 12.1 Å². The number of hydrogen-bond donors (Lipinski definition) is 1. The molecule has 1 saturated carbocycles. The second-order valence-electron chi connectivity index (χ2n) is 10.1. The summed E-state index contributed by atoms with van der Waals surface area (Å²) in [5.74, 6) is 0.743. The van der Waals surface area contributed by atoms with Gasteiger partial charge in [0.2, 0.25) is 0 Å². The standard InChI is InChI=1S/C24H37Cl2N3O2/c1-17-16-28(14-15-29(17)21-7-5-6-20(25)22(21)26)13-12-18-8-10-19(11-9-18)27-23(30)31-24(2,3)4/h5-7,17-19H,8-16H2,1-4H3,(H,27,30)/t17-,18?,19?/m1/s1. The Bertz CT molecular complexity index is 745. The molecular weight excluding hydrogens is 433 g/mol. The summed E-state index contributed by atoms with van der Waals surface area (Å²) in [5.41, 5.74) is 0.595. The number of nitrogens with one attached hydrogen (secondary N) is 1. The summed E-state index contributed by atoms with van der Waals surface area (Å²) < 4.78 is 5.38. The minimum Gasteiger partial charge on any atom is -0.444 e. The summed E-state index contributed by atoms with van der Waals surface area (Å²) in [6.45, 7) is 12.1. The van der Waals surface area contributed by atoms with Crippen molar-refractivity contribution < 1.29 is 9.53 Å². The maximum Gasteiger partial charge on any atom is 0.407 e. The van der Waals surface area contributed by atoms with Crippen LogP contribution in [-0.2, 0) is 4.74 Å². The summed E-state index contributed by atoms with van der Waals surface area (Å²) in [6, 6.07) is 6.52. The quantitative estimate of drug-likeness (QED) is 0.575. The van der Waals surface area contributed by atoms with Crippen molar-refractivity contribution in [2.45, 2.75) is 77.5 Å². The van der Waals surface area contributed by atoms with E-state index in [4.69, 9.17) is 27.9 Å². The fraction of sp³-hybridized carbons (Fsp3) is 0.708. The van der Waals surface area contributed by atoms with Gasteiger partial charge < -0.3 is 15.0 Å². The third-order valence-corrected chi connectivity index (χ3v) is 7.18. The predicted molar refractivity (Wildman–Crippen MR) is 129 cm³/mol. The third kappa shape index (κ3) is 7.16. The van der Waals surface area contributed by atoms with Gasteiger partial charge in [-0.05, 0) is 84.4 Å². The molecule has 1 aliphatic carbocycles. The summed E-state index contributed by atoms with van der Waals surface area (Å²) in [4.78, 5) is 16.9. The average molecular weight is 470 g/mol. The van der Waals surface area contributed by atoms with Crippen LogP contribution in [-0.4, -0.2) is 54.9 Å². The van der Waals surface area contributed by atoms with Gasteiger partial charge in [-0.3, -0.25) is 4.90 Å². The zero-order chi connectivity index (χ0) is 22.6. The van der Waals surface area contributed by atoms with Crippen LogP contribution in [0.2, 0.25) is 10.0 Å². The molecule has 1 N–H and O–H groups in total. The van der Waals surface area contributed by atoms with E-state index in [0.29, 0.717) is 16.1 Å². The molecule has 1 aliphatic heterocycles. The summed E-state index contributed by atoms with van der Waals surface area (Å²) in [6.07, 6.45) is 5.37. The first-order valence-corrected chi connectivity index (χ1v) is 12.3. The average Bonchev–Trinajstić information content (AvgIpc) is 2.68. The first kappa shape index (κ1) is 24.5. The van der Waals surface area contributed by atoms with Crippen LogP contribution in [0.4, 0.5) is 10.5 Å². The van der Waals surface area contributed by atoms with Crippen molar-refractivity contribution in [1.29, 1.82) is 0 Å². The van der Waals surface area contributed by atoms with Gasteiger partial charge in [0.05, 0.1) is 15.7 Å². The highest BCUT2D eigenvalue weighted by Crippen LogP contribution is 2.34. The van der Waals surface area contributed by atoms with Crippen LogP contribution in [0.15, 0.2) is 18.2 Å². The molecule has 1 aromatic carbocycles. The molecule has 0 aromatic heterocycles. The van der Waals surface area contributed by atoms with Gasteiger partial charge in [0.1, 0.15) is 5.60 Å². The molecule has 3 rings (SSSR count). The lowest BCUT2D eigenvalue weighted by Crippen LogP contribution is -2.52. The van der Waals surface area contributed by atoms with E-state index in [0.717, 1.165) is 50.6 Å². The number of rotatable bonds is 5. The van der Waals surface area contributed by atoms with Crippen LogP contribution in [0.1, 0.15) is 59.8 Å². The Morgan fingerprint density at radius 2 is 1.87 bits per heavy atom. The number of anilines is 1. The van der Waals surface area contributed by atoms with E-state index in [1.54, 1.807) is 0 Å². The van der Waals surface area contributed by atoms with Crippen molar-refractivity contribution in [3.05, 3.63) is 28.2 Å². The fourth-order valence-corrected chi connectivity index (χ4v) is 5.15. The molecule has 1 atom stereocenters. The molecule has 2 aliphatic rings. The zero-order valence-corrected chi connectivity index (χ0v) is 20.8. The van der Waals surface area contributed by atoms with Crippen LogP contribution in [0.3, 0.4) is 0 Å². The van der Waals surface area contributed by atoms with Crippen molar-refractivity contribution in [1.82, 2.24) is 10.2 Å². The third-order valence-electron chi connectivity index (χ3n) is 6.37. The largest absolute Gasteiger partial charge is 0.444 e. The molecule has 1 amide bonds. The Balaban J connectivity index is 1.38. The maximum atomic E-state index is 12.0. The van der Waals surface area contributed by atoms with E-state index < -0.39 is 5.60 Å². The molecule has 1 aromatic rings. The highest BCUT2D eigenvalue weighted by Gasteiger charge is 2.28. The lowest BCUT2D eigenvalue weighted by Gasteiger charge is -2.42. The minimum atomic E-state index is -0.444. The number of amides is 1. The topological polar surface area (TPSA) is 44.8 Å². The maximum absolute atomic E-state index is 12.0. The summed E-state index contributed by atoms with van der Waals surface area (Å²) >= 11 is 12.7. The molecule has 5 nitrogen and oxygen atoms in total. The second kappa shape index (κ2) is 10.6. The lowest BCUT2D eigenvalue weighted by molar-refractivity contribution is 0.0485. The number of carbonyl (C=O) groups excluding carboxylic acids is 1. The minimum absolute atomic E-state index is 0.247. The van der Waals surface area contributed by atoms with Crippen LogP contribution in [0, 0.1) is 5.92 Å². The highest BCUT2D eigenvalue weighted by atomic mass is 35.5. The van der Waals surface area contributed by atoms with E-state index in [1.165, 1.54) is 19.3 Å². The van der Waals surface area contributed by atoms with Crippen molar-refractivity contribution in [3.63, 3.8) is 0 Å². The molecule has 0 unspecified atom stereocenters. The molecule has 7 heteroatoms. The lowest BCUT2D eigenvalue weighted by atomic mass is 9.84. The zero-order valence-electron chi connectivity index (χ0n) is 19.3. The summed E-state index contributed by atoms with van der Waals surface area (Å²) in [7, 11) is 0. The van der Waals surface area contributed by atoms with Gasteiger partial charge in [-0.2, -0.15) is 0 Å². The molecule has 1 saturated heterocycles. The van der Waals surface area contributed by atoms with Crippen LogP contribution in [0.5, 0.6) is 0 Å². The Morgan fingerprint density at radius 1 is 1.16 bits per heavy atom. The number of halogens is 2. The van der Waals surface area contributed by atoms with Crippen LogP contribution < -0.4 is 10.2 Å². The number of alkyl carbamates (subject to hydrolysis) is 1. The van der Waals surface area contributed by atoms with E-state index in [9.17, 15) is 4.79 Å². The monoisotopic (exact) mass is 469 g/mol. The number of ether oxygens (including phenoxy) is 1. The molecule has 0 spiro atoms. The molecule has 2 fully saturated rings. The van der Waals surface area contributed by atoms with Gasteiger partial charge >= 0.3 is 6.09 Å². The number of carbonyl (C=O) groups is 1. The normalized spacial score (nSPS) is 25.4. The Hall–Kier alpha value is -1.17. The van der Waals surface area contributed by atoms with E-state index >= 15 is 0 Å². The van der Waals surface area contributed by atoms with E-state index in [1.807, 2.05) is 32.9 Å². The molecule has 174 valence electrons. The predicted octanol–water partition coefficient (Wildman–Crippen LogP) is 5.98. The van der Waals surface area contributed by atoms with Gasteiger partial charge in [-0.15, -0.1) is 0 Å². The molecule has 31 heavy (non-hydrogen) atoms. The van der Waals surface area contributed by atoms with Gasteiger partial charge in [0.25, 0.3) is 0 Å². The molecule has 0 radical (unpaired) electrons. The van der Waals surface area contributed by atoms with Crippen LogP contribution >= 0.6 is 23.2 Å². The smallest absolute Gasteiger partial charge is 0.407 e. The van der Waals surface area contributed by atoms with Gasteiger partial charge in [0, 0.05) is 31.7 Å². The van der Waals surface area contributed by atoms with E-state index in [2.05, 4.69) is 28.1 Å². The second-order valence-corrected chi connectivity index (χ2v) is 10.9. The Labute approximate surface area is 197 Å². The van der Waals surface area contributed by atoms with Crippen molar-refractivity contribution in [3.8, 4) is 0 Å². The van der Waals surface area contributed by atoms with Gasteiger partial charge in [0.15, 0.2) is 0 Å². The van der Waals surface area contributed by atoms with Crippen LogP contribution in [0.25, 0.3) is 0 Å². The number of nitrogens with zero attached hydrogens (tertiary/aromatic N) is 2. The van der Waals surface area contributed by atoms with Crippen molar-refractivity contribution >= 4 is 35.0 Å². The molecule has 1 heterocycles. The first-order valence-electron chi connectivity index (χ1n) is 11.5. The fourth-order valence-electron chi connectivity index (χ4n) is 4.74. The van der Waals surface area contributed by atoms with Gasteiger partial charge in [-0.1, -0.05) is 29.3 Å². The molecule has 0 bridgehead atoms. The number of hydrogen-bond acceptors (Lipinski definition) is 4. The van der Waals surface area contributed by atoms with Gasteiger partial charge in [-0.25, -0.2) is 4.79 Å². The molecular formula is C24H37Cl2N3O2. The first-order chi connectivity index (χ1) is 14.6. The SMILES string of the molecule is C[C@@H]1CN(CCC2CCC(NC(=O)OC(C)(C)C)CC2)CCN1c1cccc(Cl)c1Cl. The van der Waals surface area contributed by atoms with Crippen molar-refractivity contribution in [2.24, 2.45) is 5.92 Å². The number of piperazine rings is 1. The number of benzene rings is 1. The Morgan fingerprint density at radius 3 is 2.52 bits per heavy atom.